The molecule has 0 atom stereocenters. The highest BCUT2D eigenvalue weighted by molar-refractivity contribution is 5.27. The van der Waals surface area contributed by atoms with Crippen LogP contribution in [0.4, 0.5) is 0 Å². The summed E-state index contributed by atoms with van der Waals surface area (Å²) >= 11 is 0. The summed E-state index contributed by atoms with van der Waals surface area (Å²) in [7, 11) is 0. The van der Waals surface area contributed by atoms with Crippen molar-refractivity contribution in [2.75, 3.05) is 0 Å². The molecule has 0 fully saturated rings. The van der Waals surface area contributed by atoms with Crippen molar-refractivity contribution < 1.29 is 0 Å². The van der Waals surface area contributed by atoms with E-state index in [2.05, 4.69) is 30.9 Å². The number of allylic oxidation sites excluding steroid dienone is 5. The number of hydrogen-bond acceptors (Lipinski definition) is 0. The highest BCUT2D eigenvalue weighted by Crippen LogP contribution is 2.06. The molecule has 0 heterocycles. The Morgan fingerprint density at radius 3 is 2.22 bits per heavy atom. The lowest BCUT2D eigenvalue weighted by Crippen LogP contribution is -1.75. The van der Waals surface area contributed by atoms with Gasteiger partial charge < -0.3 is 0 Å². The van der Waals surface area contributed by atoms with E-state index in [4.69, 9.17) is 0 Å². The minimum absolute atomic E-state index is 1.12. The van der Waals surface area contributed by atoms with Gasteiger partial charge in [0.15, 0.2) is 0 Å². The van der Waals surface area contributed by atoms with Crippen LogP contribution in [0.5, 0.6) is 0 Å². The fraction of sp³-hybridized carbons (Fsp3) is 0.333. The maximum absolute atomic E-state index is 3.84. The van der Waals surface area contributed by atoms with E-state index < -0.39 is 0 Å². The van der Waals surface area contributed by atoms with Crippen molar-refractivity contribution in [1.29, 1.82) is 0 Å². The lowest BCUT2D eigenvalue weighted by Gasteiger charge is -1.95. The zero-order chi connectivity index (χ0) is 6.53. The van der Waals surface area contributed by atoms with Crippen molar-refractivity contribution in [3.8, 4) is 0 Å². The first kappa shape index (κ1) is 6.34. The van der Waals surface area contributed by atoms with Crippen LogP contribution in [0.15, 0.2) is 36.5 Å². The predicted octanol–water partition coefficient (Wildman–Crippen LogP) is 2.84. The van der Waals surface area contributed by atoms with Crippen LogP contribution in [0.1, 0.15) is 19.3 Å². The molecular formula is C9H12. The van der Waals surface area contributed by atoms with E-state index in [1.807, 2.05) is 0 Å². The van der Waals surface area contributed by atoms with E-state index in [0.717, 1.165) is 5.57 Å². The van der Waals surface area contributed by atoms with Gasteiger partial charge in [-0.05, 0) is 24.8 Å². The summed E-state index contributed by atoms with van der Waals surface area (Å²) < 4.78 is 0. The zero-order valence-electron chi connectivity index (χ0n) is 5.64. The van der Waals surface area contributed by atoms with Crippen LogP contribution in [0.2, 0.25) is 0 Å². The molecule has 0 radical (unpaired) electrons. The van der Waals surface area contributed by atoms with Crippen LogP contribution in [0.25, 0.3) is 0 Å². The average molecular weight is 120 g/mol. The second-order valence-electron chi connectivity index (χ2n) is 2.31. The monoisotopic (exact) mass is 120 g/mol. The van der Waals surface area contributed by atoms with Gasteiger partial charge in [0.2, 0.25) is 0 Å². The van der Waals surface area contributed by atoms with Crippen LogP contribution in [0, 0.1) is 0 Å². The van der Waals surface area contributed by atoms with Crippen molar-refractivity contribution in [2.24, 2.45) is 0 Å². The minimum atomic E-state index is 1.12. The molecule has 0 saturated heterocycles. The van der Waals surface area contributed by atoms with Gasteiger partial charge in [-0.25, -0.2) is 0 Å². The Bertz CT molecular complexity index is 133. The van der Waals surface area contributed by atoms with Crippen molar-refractivity contribution in [3.63, 3.8) is 0 Å². The summed E-state index contributed by atoms with van der Waals surface area (Å²) in [6, 6.07) is 0. The van der Waals surface area contributed by atoms with Gasteiger partial charge in [0, 0.05) is 0 Å². The molecule has 1 aliphatic rings. The molecule has 0 N–H and O–H groups in total. The minimum Gasteiger partial charge on any atom is -0.0918 e. The van der Waals surface area contributed by atoms with Crippen LogP contribution >= 0.6 is 0 Å². The van der Waals surface area contributed by atoms with Gasteiger partial charge in [-0.3, -0.25) is 0 Å². The summed E-state index contributed by atoms with van der Waals surface area (Å²) in [4.78, 5) is 0. The maximum Gasteiger partial charge on any atom is -0.0335 e. The fourth-order valence-corrected chi connectivity index (χ4v) is 0.879. The van der Waals surface area contributed by atoms with E-state index in [1.54, 1.807) is 0 Å². The van der Waals surface area contributed by atoms with Gasteiger partial charge in [0.05, 0.1) is 0 Å². The molecule has 0 aromatic heterocycles. The van der Waals surface area contributed by atoms with Crippen molar-refractivity contribution in [1.82, 2.24) is 0 Å². The first-order chi connectivity index (χ1) is 4.39. The molecule has 0 aliphatic heterocycles. The summed E-state index contributed by atoms with van der Waals surface area (Å²) in [6.07, 6.45) is 12.2. The van der Waals surface area contributed by atoms with Crippen LogP contribution < -0.4 is 0 Å². The zero-order valence-corrected chi connectivity index (χ0v) is 5.64. The standard InChI is InChI=1S/C9H12/c1-9-7-5-3-2-4-6-8-9/h5-8H,1-4H2. The van der Waals surface area contributed by atoms with E-state index in [9.17, 15) is 0 Å². The molecule has 0 unspecified atom stereocenters. The lowest BCUT2D eigenvalue weighted by atomic mass is 10.1. The third-order valence-corrected chi connectivity index (χ3v) is 1.41. The highest BCUT2D eigenvalue weighted by Gasteiger charge is 1.86. The van der Waals surface area contributed by atoms with E-state index in [1.165, 1.54) is 19.3 Å². The molecule has 1 rings (SSSR count). The Hall–Kier alpha value is -0.780. The molecule has 0 nitrogen and oxygen atoms in total. The Labute approximate surface area is 56.6 Å². The molecule has 0 heteroatoms. The largest absolute Gasteiger partial charge is 0.0918 e. The Morgan fingerprint density at radius 2 is 1.67 bits per heavy atom. The smallest absolute Gasteiger partial charge is 0.0335 e. The van der Waals surface area contributed by atoms with Gasteiger partial charge in [-0.2, -0.15) is 0 Å². The van der Waals surface area contributed by atoms with Crippen molar-refractivity contribution >= 4 is 0 Å². The van der Waals surface area contributed by atoms with Gasteiger partial charge in [-0.1, -0.05) is 30.9 Å². The number of rotatable bonds is 0. The number of hydrogen-bond donors (Lipinski definition) is 0. The molecule has 0 aromatic rings. The van der Waals surface area contributed by atoms with E-state index in [0.29, 0.717) is 0 Å². The third-order valence-electron chi connectivity index (χ3n) is 1.41. The van der Waals surface area contributed by atoms with Crippen LogP contribution in [0.3, 0.4) is 0 Å². The average Bonchev–Trinajstić information content (AvgIpc) is 1.79. The van der Waals surface area contributed by atoms with Crippen molar-refractivity contribution in [2.45, 2.75) is 19.3 Å². The lowest BCUT2D eigenvalue weighted by molar-refractivity contribution is 0.864. The molecule has 0 spiro atoms. The first-order valence-corrected chi connectivity index (χ1v) is 3.41. The van der Waals surface area contributed by atoms with Gasteiger partial charge in [0.25, 0.3) is 0 Å². The molecule has 9 heavy (non-hydrogen) atoms. The molecule has 0 amide bonds. The maximum atomic E-state index is 3.84. The van der Waals surface area contributed by atoms with Crippen molar-refractivity contribution in [3.05, 3.63) is 36.5 Å². The second-order valence-corrected chi connectivity index (χ2v) is 2.31. The second kappa shape index (κ2) is 3.29. The van der Waals surface area contributed by atoms with E-state index in [-0.39, 0.29) is 0 Å². The van der Waals surface area contributed by atoms with Crippen LogP contribution in [-0.4, -0.2) is 0 Å². The Kier molecular flexibility index (Phi) is 2.32. The Balaban J connectivity index is 2.55. The summed E-state index contributed by atoms with van der Waals surface area (Å²) in [5, 5.41) is 0. The van der Waals surface area contributed by atoms with E-state index >= 15 is 0 Å². The molecular weight excluding hydrogens is 108 g/mol. The predicted molar refractivity (Wildman–Crippen MR) is 41.3 cm³/mol. The molecule has 0 bridgehead atoms. The molecule has 1 aliphatic carbocycles. The third kappa shape index (κ3) is 2.31. The summed E-state index contributed by atoms with van der Waals surface area (Å²) in [6.45, 7) is 3.84. The molecule has 0 saturated carbocycles. The fourth-order valence-electron chi connectivity index (χ4n) is 0.879. The van der Waals surface area contributed by atoms with Crippen LogP contribution in [-0.2, 0) is 0 Å². The Morgan fingerprint density at radius 1 is 1.11 bits per heavy atom. The SMILES string of the molecule is C=C1C=CCCCC=C1. The van der Waals surface area contributed by atoms with Gasteiger partial charge in [0.1, 0.15) is 0 Å². The highest BCUT2D eigenvalue weighted by atomic mass is 13.9. The normalized spacial score (nSPS) is 19.3. The molecule has 48 valence electrons. The topological polar surface area (TPSA) is 0 Å². The van der Waals surface area contributed by atoms with Gasteiger partial charge in [-0.15, -0.1) is 0 Å². The first-order valence-electron chi connectivity index (χ1n) is 3.41. The van der Waals surface area contributed by atoms with Gasteiger partial charge >= 0.3 is 0 Å². The summed E-state index contributed by atoms with van der Waals surface area (Å²) in [5.74, 6) is 0. The summed E-state index contributed by atoms with van der Waals surface area (Å²) in [5.41, 5.74) is 1.12. The quantitative estimate of drug-likeness (QED) is 0.461. The molecule has 0 aromatic carbocycles.